The van der Waals surface area contributed by atoms with Crippen LogP contribution in [0.4, 0.5) is 11.6 Å². The second-order valence-electron chi connectivity index (χ2n) is 4.15. The molecular weight excluding hydrogens is 214 g/mol. The monoisotopic (exact) mass is 227 g/mol. The third-order valence-corrected chi connectivity index (χ3v) is 2.69. The van der Waals surface area contributed by atoms with Gasteiger partial charge in [0.25, 0.3) is 0 Å². The van der Waals surface area contributed by atoms with E-state index in [1.165, 1.54) is 5.56 Å². The second-order valence-corrected chi connectivity index (χ2v) is 4.15. The van der Waals surface area contributed by atoms with Crippen LogP contribution in [0.25, 0.3) is 0 Å². The van der Waals surface area contributed by atoms with Crippen molar-refractivity contribution in [3.63, 3.8) is 0 Å². The van der Waals surface area contributed by atoms with E-state index >= 15 is 0 Å². The molecule has 1 aliphatic heterocycles. The van der Waals surface area contributed by atoms with Gasteiger partial charge in [0.15, 0.2) is 0 Å². The summed E-state index contributed by atoms with van der Waals surface area (Å²) in [7, 11) is 0. The second kappa shape index (κ2) is 4.10. The first-order valence-electron chi connectivity index (χ1n) is 5.55. The first kappa shape index (κ1) is 10.2. The van der Waals surface area contributed by atoms with Gasteiger partial charge in [0.2, 0.25) is 5.95 Å². The smallest absolute Gasteiger partial charge is 0.227 e. The molecule has 2 N–H and O–H groups in total. The number of pyridine rings is 1. The highest BCUT2D eigenvalue weighted by atomic mass is 15.1. The molecule has 0 radical (unpaired) electrons. The molecule has 0 aliphatic carbocycles. The Bertz CT molecular complexity index is 552. The normalized spacial score (nSPS) is 13.5. The lowest BCUT2D eigenvalue weighted by Gasteiger charge is -2.06. The fraction of sp³-hybridized carbons (Fsp3) is 0.250. The van der Waals surface area contributed by atoms with E-state index in [0.29, 0.717) is 5.95 Å². The number of anilines is 2. The highest BCUT2D eigenvalue weighted by Gasteiger charge is 2.12. The molecule has 0 amide bonds. The van der Waals surface area contributed by atoms with Crippen molar-refractivity contribution in [3.05, 3.63) is 41.5 Å². The molecule has 0 fully saturated rings. The lowest BCUT2D eigenvalue weighted by atomic mass is 10.3. The van der Waals surface area contributed by atoms with E-state index in [1.807, 2.05) is 25.4 Å². The minimum Gasteiger partial charge on any atom is -0.323 e. The van der Waals surface area contributed by atoms with Gasteiger partial charge in [-0.2, -0.15) is 0 Å². The number of rotatable bonds is 2. The third kappa shape index (κ3) is 2.09. The minimum absolute atomic E-state index is 0.625. The van der Waals surface area contributed by atoms with Gasteiger partial charge in [-0.15, -0.1) is 0 Å². The van der Waals surface area contributed by atoms with E-state index in [-0.39, 0.29) is 0 Å². The maximum absolute atomic E-state index is 4.47. The van der Waals surface area contributed by atoms with Crippen LogP contribution in [0.2, 0.25) is 0 Å². The molecular formula is C12H13N5. The number of hydrogen-bond donors (Lipinski definition) is 2. The lowest BCUT2D eigenvalue weighted by molar-refractivity contribution is 0.758. The largest absolute Gasteiger partial charge is 0.323 e. The fourth-order valence-electron chi connectivity index (χ4n) is 1.87. The summed E-state index contributed by atoms with van der Waals surface area (Å²) in [5.74, 6) is 0.625. The molecule has 0 saturated carbocycles. The molecule has 1 aliphatic rings. The Labute approximate surface area is 99.3 Å². The topological polar surface area (TPSA) is 62.7 Å². The number of hydrogen-bond acceptors (Lipinski definition) is 5. The van der Waals surface area contributed by atoms with Gasteiger partial charge in [0.1, 0.15) is 0 Å². The first-order chi connectivity index (χ1) is 8.31. The molecule has 2 aromatic heterocycles. The maximum atomic E-state index is 4.47. The average Bonchev–Trinajstić information content (AvgIpc) is 2.76. The Balaban J connectivity index is 1.86. The Morgan fingerprint density at radius 2 is 2.18 bits per heavy atom. The van der Waals surface area contributed by atoms with Crippen LogP contribution in [0.1, 0.15) is 16.8 Å². The summed E-state index contributed by atoms with van der Waals surface area (Å²) in [4.78, 5) is 12.9. The van der Waals surface area contributed by atoms with Crippen LogP contribution in [0, 0.1) is 6.92 Å². The molecule has 5 nitrogen and oxygen atoms in total. The molecule has 0 aromatic carbocycles. The van der Waals surface area contributed by atoms with Gasteiger partial charge in [0, 0.05) is 31.0 Å². The predicted molar refractivity (Wildman–Crippen MR) is 64.8 cm³/mol. The molecule has 0 saturated heterocycles. The van der Waals surface area contributed by atoms with Crippen molar-refractivity contribution >= 4 is 11.6 Å². The van der Waals surface area contributed by atoms with Crippen molar-refractivity contribution in [1.82, 2.24) is 20.3 Å². The maximum Gasteiger partial charge on any atom is 0.227 e. The zero-order chi connectivity index (χ0) is 11.7. The van der Waals surface area contributed by atoms with Crippen molar-refractivity contribution in [1.29, 1.82) is 0 Å². The molecule has 0 atom stereocenters. The summed E-state index contributed by atoms with van der Waals surface area (Å²) in [6.45, 7) is 3.69. The van der Waals surface area contributed by atoms with Crippen molar-refractivity contribution in [2.24, 2.45) is 0 Å². The van der Waals surface area contributed by atoms with Crippen molar-refractivity contribution in [3.8, 4) is 0 Å². The Morgan fingerprint density at radius 1 is 1.24 bits per heavy atom. The first-order valence-corrected chi connectivity index (χ1v) is 5.55. The van der Waals surface area contributed by atoms with Crippen LogP contribution >= 0.6 is 0 Å². The van der Waals surface area contributed by atoms with Crippen LogP contribution < -0.4 is 10.6 Å². The van der Waals surface area contributed by atoms with Crippen LogP contribution in [0.3, 0.4) is 0 Å². The number of nitrogens with one attached hydrogen (secondary N) is 2. The molecule has 3 rings (SSSR count). The van der Waals surface area contributed by atoms with E-state index in [2.05, 4.69) is 25.6 Å². The number of fused-ring (bicyclic) bond motifs is 1. The van der Waals surface area contributed by atoms with Gasteiger partial charge in [-0.05, 0) is 18.6 Å². The molecule has 3 heterocycles. The Hall–Kier alpha value is -2.01. The highest BCUT2D eigenvalue weighted by molar-refractivity contribution is 5.52. The van der Waals surface area contributed by atoms with Crippen LogP contribution in [0.15, 0.2) is 24.7 Å². The lowest BCUT2D eigenvalue weighted by Crippen LogP contribution is -2.01. The van der Waals surface area contributed by atoms with Crippen LogP contribution in [-0.2, 0) is 13.1 Å². The summed E-state index contributed by atoms with van der Waals surface area (Å²) in [6, 6.07) is 2.02. The number of nitrogens with zero attached hydrogens (tertiary/aromatic N) is 3. The number of aromatic nitrogens is 3. The SMILES string of the molecule is Cc1cncc(Nc2ncc3c(n2)CNC3)c1. The van der Waals surface area contributed by atoms with Crippen molar-refractivity contribution in [2.45, 2.75) is 20.0 Å². The summed E-state index contributed by atoms with van der Waals surface area (Å²) in [5.41, 5.74) is 4.27. The van der Waals surface area contributed by atoms with Gasteiger partial charge in [-0.1, -0.05) is 0 Å². The predicted octanol–water partition coefficient (Wildman–Crippen LogP) is 1.53. The quantitative estimate of drug-likeness (QED) is 0.814. The van der Waals surface area contributed by atoms with Gasteiger partial charge < -0.3 is 10.6 Å². The van der Waals surface area contributed by atoms with Crippen LogP contribution in [0.5, 0.6) is 0 Å². The van der Waals surface area contributed by atoms with E-state index < -0.39 is 0 Å². The van der Waals surface area contributed by atoms with E-state index in [1.54, 1.807) is 6.20 Å². The third-order valence-electron chi connectivity index (χ3n) is 2.69. The van der Waals surface area contributed by atoms with E-state index in [4.69, 9.17) is 0 Å². The zero-order valence-corrected chi connectivity index (χ0v) is 9.57. The van der Waals surface area contributed by atoms with Gasteiger partial charge in [0.05, 0.1) is 17.6 Å². The van der Waals surface area contributed by atoms with Crippen molar-refractivity contribution in [2.75, 3.05) is 5.32 Å². The average molecular weight is 227 g/mol. The molecule has 86 valence electrons. The van der Waals surface area contributed by atoms with Gasteiger partial charge in [-0.3, -0.25) is 4.98 Å². The molecule has 2 aromatic rings. The summed E-state index contributed by atoms with van der Waals surface area (Å²) < 4.78 is 0. The Kier molecular flexibility index (Phi) is 2.45. The molecule has 0 spiro atoms. The fourth-order valence-corrected chi connectivity index (χ4v) is 1.87. The van der Waals surface area contributed by atoms with Gasteiger partial charge >= 0.3 is 0 Å². The molecule has 0 bridgehead atoms. The van der Waals surface area contributed by atoms with E-state index in [0.717, 1.165) is 30.0 Å². The standard InChI is InChI=1S/C12H13N5/c1-8-2-10(6-13-3-8)16-12-15-5-9-4-14-7-11(9)17-12/h2-3,5-6,14H,4,7H2,1H3,(H,15,16,17). The summed E-state index contributed by atoms with van der Waals surface area (Å²) in [6.07, 6.45) is 5.45. The summed E-state index contributed by atoms with van der Waals surface area (Å²) >= 11 is 0. The minimum atomic E-state index is 0.625. The highest BCUT2D eigenvalue weighted by Crippen LogP contribution is 2.16. The van der Waals surface area contributed by atoms with E-state index in [9.17, 15) is 0 Å². The van der Waals surface area contributed by atoms with Crippen molar-refractivity contribution < 1.29 is 0 Å². The molecule has 5 heteroatoms. The Morgan fingerprint density at radius 3 is 3.06 bits per heavy atom. The number of aryl methyl sites for hydroxylation is 1. The van der Waals surface area contributed by atoms with Crippen LogP contribution in [-0.4, -0.2) is 15.0 Å². The zero-order valence-electron chi connectivity index (χ0n) is 9.57. The molecule has 0 unspecified atom stereocenters. The molecule has 17 heavy (non-hydrogen) atoms. The summed E-state index contributed by atoms with van der Waals surface area (Å²) in [5, 5.41) is 6.41. The van der Waals surface area contributed by atoms with Gasteiger partial charge in [-0.25, -0.2) is 9.97 Å².